The minimum atomic E-state index is -0.406. The van der Waals surface area contributed by atoms with E-state index >= 15 is 0 Å². The molecule has 192 valence electrons. The third-order valence-corrected chi connectivity index (χ3v) is 6.61. The molecule has 2 aromatic carbocycles. The van der Waals surface area contributed by atoms with Gasteiger partial charge in [0.25, 0.3) is 11.8 Å². The molecule has 2 N–H and O–H groups in total. The van der Waals surface area contributed by atoms with Gasteiger partial charge in [0.1, 0.15) is 12.3 Å². The number of benzene rings is 2. The predicted octanol–water partition coefficient (Wildman–Crippen LogP) is 4.79. The second kappa shape index (κ2) is 12.2. The van der Waals surface area contributed by atoms with Gasteiger partial charge in [0.2, 0.25) is 5.76 Å². The Morgan fingerprint density at radius 3 is 2.38 bits per heavy atom. The van der Waals surface area contributed by atoms with Crippen LogP contribution in [0.1, 0.15) is 29.3 Å². The summed E-state index contributed by atoms with van der Waals surface area (Å²) in [6.07, 6.45) is 8.43. The van der Waals surface area contributed by atoms with Crippen molar-refractivity contribution in [3.05, 3.63) is 101 Å². The lowest BCUT2D eigenvalue weighted by Crippen LogP contribution is -2.49. The van der Waals surface area contributed by atoms with Crippen molar-refractivity contribution < 1.29 is 14.3 Å². The van der Waals surface area contributed by atoms with Crippen molar-refractivity contribution in [1.29, 1.82) is 5.41 Å². The van der Waals surface area contributed by atoms with Crippen LogP contribution in [0.15, 0.2) is 89.9 Å². The fourth-order valence-corrected chi connectivity index (χ4v) is 4.57. The number of nitrogens with one attached hydrogen (secondary N) is 2. The number of aryl methyl sites for hydroxylation is 1. The van der Waals surface area contributed by atoms with Crippen LogP contribution >= 0.6 is 0 Å². The van der Waals surface area contributed by atoms with E-state index in [0.29, 0.717) is 49.0 Å². The summed E-state index contributed by atoms with van der Waals surface area (Å²) >= 11 is 0. The smallest absolute Gasteiger partial charge is 0.293 e. The lowest BCUT2D eigenvalue weighted by atomic mass is 9.98. The van der Waals surface area contributed by atoms with E-state index in [0.717, 1.165) is 17.6 Å². The Balaban J connectivity index is 1.53. The molecule has 2 amide bonds. The van der Waals surface area contributed by atoms with Crippen molar-refractivity contribution in [3.63, 3.8) is 0 Å². The second-order valence-corrected chi connectivity index (χ2v) is 9.42. The van der Waals surface area contributed by atoms with Gasteiger partial charge >= 0.3 is 0 Å². The van der Waals surface area contributed by atoms with Crippen molar-refractivity contribution in [2.75, 3.05) is 38.1 Å². The average Bonchev–Trinajstić information content (AvgIpc) is 2.91. The first-order valence-corrected chi connectivity index (χ1v) is 12.7. The highest BCUT2D eigenvalue weighted by atomic mass is 16.5. The molecule has 1 atom stereocenters. The third kappa shape index (κ3) is 6.55. The summed E-state index contributed by atoms with van der Waals surface area (Å²) in [7, 11) is 0. The zero-order valence-electron chi connectivity index (χ0n) is 21.4. The first-order chi connectivity index (χ1) is 18.0. The monoisotopic (exact) mass is 498 g/mol. The summed E-state index contributed by atoms with van der Waals surface area (Å²) in [5.41, 5.74) is 3.71. The quantitative estimate of drug-likeness (QED) is 0.311. The maximum Gasteiger partial charge on any atom is 0.293 e. The number of allylic oxidation sites excluding steroid dienone is 3. The Morgan fingerprint density at radius 2 is 1.70 bits per heavy atom. The Bertz CT molecular complexity index is 1220. The van der Waals surface area contributed by atoms with E-state index in [1.54, 1.807) is 0 Å². The van der Waals surface area contributed by atoms with Gasteiger partial charge in [-0.3, -0.25) is 9.59 Å². The largest absolute Gasteiger partial charge is 0.481 e. The molecule has 1 aliphatic carbocycles. The number of para-hydroxylation sites is 1. The van der Waals surface area contributed by atoms with E-state index in [9.17, 15) is 9.59 Å². The number of piperazine rings is 1. The van der Waals surface area contributed by atoms with E-state index < -0.39 is 5.91 Å². The molecule has 0 spiro atoms. The topological polar surface area (TPSA) is 85.7 Å². The molecule has 2 aliphatic rings. The highest BCUT2D eigenvalue weighted by Crippen LogP contribution is 2.21. The zero-order chi connectivity index (χ0) is 26.2. The standard InChI is InChI=1S/C30H34N4O3/c1-22-9-8-11-24(19-22)21-37-28(29(35)32-25-12-4-3-5-13-25)27(20-31)33-15-17-34(18-16-33)30(36)26-14-7-6-10-23(26)2/h3-8,10-14,19-20,22,31H,9,15-18,21H2,1-2H3,(H,32,35)/b28-27-,31-20?. The highest BCUT2D eigenvalue weighted by Gasteiger charge is 2.27. The first-order valence-electron chi connectivity index (χ1n) is 12.7. The molecular formula is C30H34N4O3. The van der Waals surface area contributed by atoms with E-state index in [2.05, 4.69) is 24.4 Å². The minimum absolute atomic E-state index is 0.00145. The van der Waals surface area contributed by atoms with Gasteiger partial charge in [0, 0.05) is 43.6 Å². The Labute approximate surface area is 218 Å². The molecule has 1 heterocycles. The number of anilines is 1. The summed E-state index contributed by atoms with van der Waals surface area (Å²) in [6, 6.07) is 16.8. The van der Waals surface area contributed by atoms with E-state index in [1.807, 2.05) is 77.4 Å². The fourth-order valence-electron chi connectivity index (χ4n) is 4.57. The molecule has 2 aromatic rings. The first kappa shape index (κ1) is 25.9. The van der Waals surface area contributed by atoms with Crippen LogP contribution in [0, 0.1) is 18.3 Å². The minimum Gasteiger partial charge on any atom is -0.481 e. The van der Waals surface area contributed by atoms with Crippen LogP contribution in [0.2, 0.25) is 0 Å². The van der Waals surface area contributed by atoms with Gasteiger partial charge in [-0.2, -0.15) is 0 Å². The van der Waals surface area contributed by atoms with E-state index in [1.165, 1.54) is 6.21 Å². The van der Waals surface area contributed by atoms with Gasteiger partial charge in [0.05, 0.1) is 0 Å². The summed E-state index contributed by atoms with van der Waals surface area (Å²) in [6.45, 7) is 6.28. The van der Waals surface area contributed by atoms with Crippen molar-refractivity contribution in [2.45, 2.75) is 20.3 Å². The van der Waals surface area contributed by atoms with Crippen LogP contribution < -0.4 is 5.32 Å². The number of hydrogen-bond donors (Lipinski definition) is 2. The molecule has 7 nitrogen and oxygen atoms in total. The second-order valence-electron chi connectivity index (χ2n) is 9.42. The number of ether oxygens (including phenoxy) is 1. The molecule has 7 heteroatoms. The maximum atomic E-state index is 13.4. The van der Waals surface area contributed by atoms with Crippen molar-refractivity contribution in [3.8, 4) is 0 Å². The molecule has 1 saturated heterocycles. The van der Waals surface area contributed by atoms with Crippen molar-refractivity contribution in [2.24, 2.45) is 5.92 Å². The summed E-state index contributed by atoms with van der Waals surface area (Å²) in [5, 5.41) is 11.1. The average molecular weight is 499 g/mol. The fraction of sp³-hybridized carbons (Fsp3) is 0.300. The number of amides is 2. The van der Waals surface area contributed by atoms with Gasteiger partial charge < -0.3 is 25.3 Å². The molecule has 0 radical (unpaired) electrons. The SMILES string of the molecule is Cc1ccccc1C(=O)N1CCN(/C(C=N)=C(\OCC2=CC(C)CC=C2)C(=O)Nc2ccccc2)CC1. The molecule has 0 saturated carbocycles. The number of rotatable bonds is 8. The Hall–Kier alpha value is -4.13. The van der Waals surface area contributed by atoms with Crippen LogP contribution in [0.3, 0.4) is 0 Å². The molecule has 4 rings (SSSR count). The number of carbonyl (C=O) groups is 2. The van der Waals surface area contributed by atoms with Crippen LogP contribution in [0.4, 0.5) is 5.69 Å². The van der Waals surface area contributed by atoms with Crippen molar-refractivity contribution >= 4 is 23.7 Å². The number of nitrogens with zero attached hydrogens (tertiary/aromatic N) is 2. The van der Waals surface area contributed by atoms with Gasteiger partial charge in [0.15, 0.2) is 0 Å². The predicted molar refractivity (Wildman–Crippen MR) is 146 cm³/mol. The molecule has 1 aliphatic heterocycles. The number of carbonyl (C=O) groups excluding carboxylic acids is 2. The molecule has 0 bridgehead atoms. The third-order valence-electron chi connectivity index (χ3n) is 6.61. The maximum absolute atomic E-state index is 13.4. The zero-order valence-corrected chi connectivity index (χ0v) is 21.4. The molecular weight excluding hydrogens is 464 g/mol. The number of hydrogen-bond acceptors (Lipinski definition) is 5. The van der Waals surface area contributed by atoms with Crippen LogP contribution in [0.25, 0.3) is 0 Å². The van der Waals surface area contributed by atoms with Gasteiger partial charge in [-0.15, -0.1) is 0 Å². The summed E-state index contributed by atoms with van der Waals surface area (Å²) < 4.78 is 6.10. The van der Waals surface area contributed by atoms with Crippen LogP contribution in [0.5, 0.6) is 0 Å². The van der Waals surface area contributed by atoms with E-state index in [4.69, 9.17) is 10.1 Å². The Kier molecular flexibility index (Phi) is 8.56. The molecule has 0 aromatic heterocycles. The lowest BCUT2D eigenvalue weighted by molar-refractivity contribution is -0.116. The normalized spacial score (nSPS) is 18.0. The van der Waals surface area contributed by atoms with Crippen molar-refractivity contribution in [1.82, 2.24) is 9.80 Å². The van der Waals surface area contributed by atoms with Gasteiger partial charge in [-0.05, 0) is 48.6 Å². The lowest BCUT2D eigenvalue weighted by Gasteiger charge is -2.37. The van der Waals surface area contributed by atoms with Crippen LogP contribution in [-0.2, 0) is 9.53 Å². The molecule has 1 unspecified atom stereocenters. The van der Waals surface area contributed by atoms with E-state index in [-0.39, 0.29) is 18.3 Å². The highest BCUT2D eigenvalue weighted by molar-refractivity contribution is 6.05. The molecule has 1 fully saturated rings. The Morgan fingerprint density at radius 1 is 1.03 bits per heavy atom. The van der Waals surface area contributed by atoms with Gasteiger partial charge in [-0.25, -0.2) is 0 Å². The summed E-state index contributed by atoms with van der Waals surface area (Å²) in [4.78, 5) is 30.2. The molecule has 37 heavy (non-hydrogen) atoms. The van der Waals surface area contributed by atoms with Gasteiger partial charge in [-0.1, -0.05) is 61.5 Å². The van der Waals surface area contributed by atoms with Crippen LogP contribution in [-0.4, -0.2) is 60.6 Å². The summed E-state index contributed by atoms with van der Waals surface area (Å²) in [5.74, 6) is 0.110.